The van der Waals surface area contributed by atoms with Crippen molar-refractivity contribution in [3.63, 3.8) is 0 Å². The van der Waals surface area contributed by atoms with Gasteiger partial charge in [0.2, 0.25) is 11.8 Å². The highest BCUT2D eigenvalue weighted by molar-refractivity contribution is 5.96. The number of benzene rings is 1. The highest BCUT2D eigenvalue weighted by Crippen LogP contribution is 2.15. The zero-order valence-electron chi connectivity index (χ0n) is 10.9. The quantitative estimate of drug-likeness (QED) is 0.853. The van der Waals surface area contributed by atoms with Crippen LogP contribution in [0.1, 0.15) is 25.0 Å². The SMILES string of the molecule is Cc1cccc(CN2C(=O)C(C)NC(=O)C2C)c1. The molecule has 1 aromatic carbocycles. The minimum absolute atomic E-state index is 0.0244. The molecule has 1 aromatic rings. The van der Waals surface area contributed by atoms with Gasteiger partial charge in [-0.3, -0.25) is 9.59 Å². The largest absolute Gasteiger partial charge is 0.343 e. The summed E-state index contributed by atoms with van der Waals surface area (Å²) in [6.07, 6.45) is 0. The molecule has 2 amide bonds. The van der Waals surface area contributed by atoms with Crippen LogP contribution in [0.2, 0.25) is 0 Å². The first kappa shape index (κ1) is 12.6. The molecule has 0 aliphatic carbocycles. The summed E-state index contributed by atoms with van der Waals surface area (Å²) in [7, 11) is 0. The predicted molar refractivity (Wildman–Crippen MR) is 68.8 cm³/mol. The van der Waals surface area contributed by atoms with Gasteiger partial charge in [-0.1, -0.05) is 29.8 Å². The topological polar surface area (TPSA) is 49.4 Å². The van der Waals surface area contributed by atoms with Gasteiger partial charge in [0.1, 0.15) is 12.1 Å². The van der Waals surface area contributed by atoms with Gasteiger partial charge in [0.25, 0.3) is 0 Å². The minimum atomic E-state index is -0.432. The molecule has 2 rings (SSSR count). The van der Waals surface area contributed by atoms with Gasteiger partial charge < -0.3 is 10.2 Å². The van der Waals surface area contributed by atoms with E-state index in [4.69, 9.17) is 0 Å². The van der Waals surface area contributed by atoms with Gasteiger partial charge in [-0.25, -0.2) is 0 Å². The summed E-state index contributed by atoms with van der Waals surface area (Å²) in [5.74, 6) is -0.113. The lowest BCUT2D eigenvalue weighted by molar-refractivity contribution is -0.148. The van der Waals surface area contributed by atoms with Crippen molar-refractivity contribution >= 4 is 11.8 Å². The van der Waals surface area contributed by atoms with Gasteiger partial charge in [0.05, 0.1) is 0 Å². The van der Waals surface area contributed by atoms with Crippen LogP contribution in [0.3, 0.4) is 0 Å². The van der Waals surface area contributed by atoms with Crippen LogP contribution in [0.4, 0.5) is 0 Å². The molecular weight excluding hydrogens is 228 g/mol. The van der Waals surface area contributed by atoms with E-state index in [9.17, 15) is 9.59 Å². The average molecular weight is 246 g/mol. The van der Waals surface area contributed by atoms with E-state index in [0.717, 1.165) is 11.1 Å². The zero-order chi connectivity index (χ0) is 13.3. The Morgan fingerprint density at radius 3 is 2.67 bits per heavy atom. The van der Waals surface area contributed by atoms with Gasteiger partial charge in [0.15, 0.2) is 0 Å². The number of nitrogens with one attached hydrogen (secondary N) is 1. The van der Waals surface area contributed by atoms with Crippen molar-refractivity contribution in [2.75, 3.05) is 0 Å². The van der Waals surface area contributed by atoms with E-state index < -0.39 is 12.1 Å². The molecule has 1 aliphatic heterocycles. The molecule has 2 atom stereocenters. The lowest BCUT2D eigenvalue weighted by atomic mass is 10.1. The first-order chi connectivity index (χ1) is 8.49. The Morgan fingerprint density at radius 2 is 2.00 bits per heavy atom. The summed E-state index contributed by atoms with van der Waals surface area (Å²) < 4.78 is 0. The van der Waals surface area contributed by atoms with E-state index in [1.54, 1.807) is 18.7 Å². The van der Waals surface area contributed by atoms with Crippen molar-refractivity contribution in [1.82, 2.24) is 10.2 Å². The van der Waals surface area contributed by atoms with Crippen molar-refractivity contribution in [1.29, 1.82) is 0 Å². The van der Waals surface area contributed by atoms with Crippen molar-refractivity contribution in [2.45, 2.75) is 39.4 Å². The third kappa shape index (κ3) is 2.37. The molecular formula is C14H18N2O2. The van der Waals surface area contributed by atoms with Crippen LogP contribution in [-0.2, 0) is 16.1 Å². The molecule has 0 aromatic heterocycles. The Balaban J connectivity index is 2.20. The molecule has 2 unspecified atom stereocenters. The zero-order valence-corrected chi connectivity index (χ0v) is 10.9. The molecule has 1 saturated heterocycles. The monoisotopic (exact) mass is 246 g/mol. The van der Waals surface area contributed by atoms with E-state index in [2.05, 4.69) is 5.32 Å². The van der Waals surface area contributed by atoms with E-state index in [-0.39, 0.29) is 11.8 Å². The fourth-order valence-corrected chi connectivity index (χ4v) is 2.20. The van der Waals surface area contributed by atoms with Crippen LogP contribution in [0, 0.1) is 6.92 Å². The van der Waals surface area contributed by atoms with Crippen molar-refractivity contribution in [3.05, 3.63) is 35.4 Å². The molecule has 4 nitrogen and oxygen atoms in total. The van der Waals surface area contributed by atoms with Gasteiger partial charge in [-0.15, -0.1) is 0 Å². The van der Waals surface area contributed by atoms with Gasteiger partial charge in [-0.2, -0.15) is 0 Å². The Labute approximate surface area is 107 Å². The van der Waals surface area contributed by atoms with Crippen LogP contribution in [-0.4, -0.2) is 28.8 Å². The third-order valence-corrected chi connectivity index (χ3v) is 3.29. The molecule has 0 spiro atoms. The Morgan fingerprint density at radius 1 is 1.28 bits per heavy atom. The van der Waals surface area contributed by atoms with Crippen LogP contribution in [0.5, 0.6) is 0 Å². The second-order valence-corrected chi connectivity index (χ2v) is 4.86. The Hall–Kier alpha value is -1.84. The summed E-state index contributed by atoms with van der Waals surface area (Å²) in [6.45, 7) is 5.98. The molecule has 1 N–H and O–H groups in total. The van der Waals surface area contributed by atoms with Crippen LogP contribution in [0.15, 0.2) is 24.3 Å². The highest BCUT2D eigenvalue weighted by atomic mass is 16.2. The first-order valence-corrected chi connectivity index (χ1v) is 6.15. The smallest absolute Gasteiger partial charge is 0.245 e. The number of hydrogen-bond acceptors (Lipinski definition) is 2. The molecule has 0 radical (unpaired) electrons. The minimum Gasteiger partial charge on any atom is -0.343 e. The predicted octanol–water partition coefficient (Wildman–Crippen LogP) is 1.23. The number of carbonyl (C=O) groups is 2. The molecule has 1 aliphatic rings. The molecule has 1 heterocycles. The van der Waals surface area contributed by atoms with Gasteiger partial charge in [0, 0.05) is 6.54 Å². The lowest BCUT2D eigenvalue weighted by Gasteiger charge is -2.36. The summed E-state index contributed by atoms with van der Waals surface area (Å²) in [6, 6.07) is 7.15. The second kappa shape index (κ2) is 4.80. The van der Waals surface area contributed by atoms with E-state index >= 15 is 0 Å². The molecule has 1 fully saturated rings. The maximum absolute atomic E-state index is 12.1. The van der Waals surface area contributed by atoms with Crippen LogP contribution >= 0.6 is 0 Å². The fourth-order valence-electron chi connectivity index (χ4n) is 2.20. The summed E-state index contributed by atoms with van der Waals surface area (Å²) >= 11 is 0. The van der Waals surface area contributed by atoms with Crippen LogP contribution in [0.25, 0.3) is 0 Å². The maximum Gasteiger partial charge on any atom is 0.245 e. The maximum atomic E-state index is 12.1. The lowest BCUT2D eigenvalue weighted by Crippen LogP contribution is -2.60. The number of aryl methyl sites for hydroxylation is 1. The number of carbonyl (C=O) groups excluding carboxylic acids is 2. The summed E-state index contributed by atoms with van der Waals surface area (Å²) in [5, 5.41) is 2.68. The van der Waals surface area contributed by atoms with E-state index in [1.165, 1.54) is 0 Å². The first-order valence-electron chi connectivity index (χ1n) is 6.15. The Kier molecular flexibility index (Phi) is 3.36. The van der Waals surface area contributed by atoms with E-state index in [0.29, 0.717) is 6.54 Å². The molecule has 96 valence electrons. The summed E-state index contributed by atoms with van der Waals surface area (Å²) in [4.78, 5) is 25.4. The highest BCUT2D eigenvalue weighted by Gasteiger charge is 2.35. The number of hydrogen-bond donors (Lipinski definition) is 1. The number of piperazine rings is 1. The average Bonchev–Trinajstić information content (AvgIpc) is 2.32. The molecule has 0 bridgehead atoms. The molecule has 18 heavy (non-hydrogen) atoms. The normalized spacial score (nSPS) is 24.1. The number of rotatable bonds is 2. The van der Waals surface area contributed by atoms with Gasteiger partial charge in [-0.05, 0) is 26.3 Å². The van der Waals surface area contributed by atoms with Crippen LogP contribution < -0.4 is 5.32 Å². The number of amides is 2. The standard InChI is InChI=1S/C14H18N2O2/c1-9-5-4-6-12(7-9)8-16-11(3)13(17)15-10(2)14(16)18/h4-7,10-11H,8H2,1-3H3,(H,15,17). The third-order valence-electron chi connectivity index (χ3n) is 3.29. The van der Waals surface area contributed by atoms with Crippen molar-refractivity contribution in [3.8, 4) is 0 Å². The van der Waals surface area contributed by atoms with Crippen molar-refractivity contribution < 1.29 is 9.59 Å². The van der Waals surface area contributed by atoms with Gasteiger partial charge >= 0.3 is 0 Å². The summed E-state index contributed by atoms with van der Waals surface area (Å²) in [5.41, 5.74) is 2.21. The molecule has 0 saturated carbocycles. The fraction of sp³-hybridized carbons (Fsp3) is 0.429. The van der Waals surface area contributed by atoms with Crippen molar-refractivity contribution in [2.24, 2.45) is 0 Å². The van der Waals surface area contributed by atoms with E-state index in [1.807, 2.05) is 31.2 Å². The molecule has 4 heteroatoms. The Bertz CT molecular complexity index is 484. The number of nitrogens with zero attached hydrogens (tertiary/aromatic N) is 1. The second-order valence-electron chi connectivity index (χ2n) is 4.86.